The van der Waals surface area contributed by atoms with E-state index in [4.69, 9.17) is 16.3 Å². The van der Waals surface area contributed by atoms with Gasteiger partial charge in [-0.15, -0.1) is 0 Å². The molecule has 110 valence electrons. The summed E-state index contributed by atoms with van der Waals surface area (Å²) < 4.78 is 18.5. The fourth-order valence-electron chi connectivity index (χ4n) is 2.56. The average Bonchev–Trinajstić information content (AvgIpc) is 2.44. The van der Waals surface area contributed by atoms with Crippen LogP contribution in [-0.2, 0) is 16.1 Å². The van der Waals surface area contributed by atoms with Crippen LogP contribution in [0.15, 0.2) is 18.2 Å². The van der Waals surface area contributed by atoms with Gasteiger partial charge in [0.2, 0.25) is 0 Å². The van der Waals surface area contributed by atoms with E-state index in [1.807, 2.05) is 13.0 Å². The van der Waals surface area contributed by atoms with Gasteiger partial charge in [-0.25, -0.2) is 4.39 Å². The predicted molar refractivity (Wildman–Crippen MR) is 76.0 cm³/mol. The van der Waals surface area contributed by atoms with Crippen LogP contribution in [0.2, 0.25) is 5.02 Å². The number of carbonyl (C=O) groups excluding carboxylic acids is 1. The summed E-state index contributed by atoms with van der Waals surface area (Å²) in [5.74, 6) is -0.623. The summed E-state index contributed by atoms with van der Waals surface area (Å²) in [6.07, 6.45) is 1.79. The van der Waals surface area contributed by atoms with Gasteiger partial charge in [0.25, 0.3) is 0 Å². The Bertz CT molecular complexity index is 481. The third kappa shape index (κ3) is 3.70. The first-order valence-corrected chi connectivity index (χ1v) is 7.31. The quantitative estimate of drug-likeness (QED) is 0.799. The highest BCUT2D eigenvalue weighted by atomic mass is 35.5. The van der Waals surface area contributed by atoms with Gasteiger partial charge in [-0.1, -0.05) is 23.7 Å². The molecule has 1 aromatic rings. The van der Waals surface area contributed by atoms with E-state index in [1.165, 1.54) is 6.07 Å². The molecular formula is C15H19ClFNO2. The first kappa shape index (κ1) is 15.3. The van der Waals surface area contributed by atoms with Crippen LogP contribution in [0.5, 0.6) is 0 Å². The summed E-state index contributed by atoms with van der Waals surface area (Å²) in [4.78, 5) is 13.9. The van der Waals surface area contributed by atoms with Crippen molar-refractivity contribution in [3.63, 3.8) is 0 Å². The molecule has 5 heteroatoms. The zero-order valence-corrected chi connectivity index (χ0v) is 12.3. The molecule has 0 aromatic heterocycles. The van der Waals surface area contributed by atoms with Crippen molar-refractivity contribution in [2.75, 3.05) is 19.7 Å². The van der Waals surface area contributed by atoms with E-state index in [-0.39, 0.29) is 16.9 Å². The molecule has 20 heavy (non-hydrogen) atoms. The van der Waals surface area contributed by atoms with Crippen LogP contribution in [0.3, 0.4) is 0 Å². The highest BCUT2D eigenvalue weighted by molar-refractivity contribution is 6.31. The number of hydrogen-bond donors (Lipinski definition) is 0. The summed E-state index contributed by atoms with van der Waals surface area (Å²) in [5, 5.41) is 0.172. The van der Waals surface area contributed by atoms with Crippen molar-refractivity contribution in [2.24, 2.45) is 5.92 Å². The number of esters is 1. The minimum atomic E-state index is -0.400. The van der Waals surface area contributed by atoms with Crippen molar-refractivity contribution in [1.82, 2.24) is 4.90 Å². The van der Waals surface area contributed by atoms with Crippen molar-refractivity contribution in [2.45, 2.75) is 26.3 Å². The number of rotatable bonds is 4. The molecule has 0 saturated carbocycles. The lowest BCUT2D eigenvalue weighted by Gasteiger charge is -2.31. The molecule has 0 unspecified atom stereocenters. The highest BCUT2D eigenvalue weighted by Crippen LogP contribution is 2.24. The minimum absolute atomic E-state index is 0.0870. The van der Waals surface area contributed by atoms with Crippen molar-refractivity contribution in [3.8, 4) is 0 Å². The lowest BCUT2D eigenvalue weighted by molar-refractivity contribution is -0.150. The third-order valence-corrected chi connectivity index (χ3v) is 3.97. The van der Waals surface area contributed by atoms with Crippen LogP contribution in [0.25, 0.3) is 0 Å². The Kier molecular flexibility index (Phi) is 5.38. The standard InChI is InChI=1S/C15H19ClFNO2/c1-2-20-15(19)12-6-4-8-18(10-12)9-11-5-3-7-13(17)14(11)16/h3,5,7,12H,2,4,6,8-10H2,1H3/t12-/m1/s1. The van der Waals surface area contributed by atoms with E-state index in [1.54, 1.807) is 6.07 Å². The fraction of sp³-hybridized carbons (Fsp3) is 0.533. The van der Waals surface area contributed by atoms with Gasteiger partial charge in [0.05, 0.1) is 17.5 Å². The number of nitrogens with zero attached hydrogens (tertiary/aromatic N) is 1. The second-order valence-electron chi connectivity index (χ2n) is 5.04. The zero-order chi connectivity index (χ0) is 14.5. The fourth-order valence-corrected chi connectivity index (χ4v) is 2.75. The molecule has 1 heterocycles. The second-order valence-corrected chi connectivity index (χ2v) is 5.42. The van der Waals surface area contributed by atoms with Crippen LogP contribution in [-0.4, -0.2) is 30.6 Å². The number of ether oxygens (including phenoxy) is 1. The van der Waals surface area contributed by atoms with Gasteiger partial charge in [-0.05, 0) is 37.9 Å². The topological polar surface area (TPSA) is 29.5 Å². The highest BCUT2D eigenvalue weighted by Gasteiger charge is 2.27. The Balaban J connectivity index is 1.99. The van der Waals surface area contributed by atoms with E-state index in [2.05, 4.69) is 4.90 Å². The molecule has 0 radical (unpaired) electrons. The smallest absolute Gasteiger partial charge is 0.310 e. The number of halogens is 2. The normalized spacial score (nSPS) is 19.9. The molecule has 1 atom stereocenters. The lowest BCUT2D eigenvalue weighted by atomic mass is 9.97. The van der Waals surface area contributed by atoms with E-state index in [0.717, 1.165) is 24.9 Å². The summed E-state index contributed by atoms with van der Waals surface area (Å²) in [5.41, 5.74) is 0.760. The van der Waals surface area contributed by atoms with E-state index in [9.17, 15) is 9.18 Å². The molecule has 1 aromatic carbocycles. The van der Waals surface area contributed by atoms with E-state index >= 15 is 0 Å². The molecule has 3 nitrogen and oxygen atoms in total. The van der Waals surface area contributed by atoms with Crippen LogP contribution >= 0.6 is 11.6 Å². The Morgan fingerprint density at radius 3 is 3.10 bits per heavy atom. The maximum atomic E-state index is 13.4. The van der Waals surface area contributed by atoms with Crippen LogP contribution in [0.4, 0.5) is 4.39 Å². The number of piperidine rings is 1. The van der Waals surface area contributed by atoms with Crippen LogP contribution in [0.1, 0.15) is 25.3 Å². The molecule has 1 aliphatic rings. The van der Waals surface area contributed by atoms with Gasteiger partial charge < -0.3 is 4.74 Å². The Morgan fingerprint density at radius 2 is 2.35 bits per heavy atom. The van der Waals surface area contributed by atoms with Crippen molar-refractivity contribution in [1.29, 1.82) is 0 Å². The Morgan fingerprint density at radius 1 is 1.55 bits per heavy atom. The van der Waals surface area contributed by atoms with Gasteiger partial charge in [-0.2, -0.15) is 0 Å². The second kappa shape index (κ2) is 7.04. The number of hydrogen-bond acceptors (Lipinski definition) is 3. The number of benzene rings is 1. The monoisotopic (exact) mass is 299 g/mol. The van der Waals surface area contributed by atoms with Gasteiger partial charge in [-0.3, -0.25) is 9.69 Å². The molecule has 2 rings (SSSR count). The van der Waals surface area contributed by atoms with Crippen molar-refractivity contribution < 1.29 is 13.9 Å². The molecular weight excluding hydrogens is 281 g/mol. The largest absolute Gasteiger partial charge is 0.466 e. The first-order valence-electron chi connectivity index (χ1n) is 6.93. The first-order chi connectivity index (χ1) is 9.61. The molecule has 1 saturated heterocycles. The lowest BCUT2D eigenvalue weighted by Crippen LogP contribution is -2.39. The zero-order valence-electron chi connectivity index (χ0n) is 11.6. The number of likely N-dealkylation sites (tertiary alicyclic amines) is 1. The predicted octanol–water partition coefficient (Wildman–Crippen LogP) is 3.25. The Labute approximate surface area is 123 Å². The molecule has 0 aliphatic carbocycles. The summed E-state index contributed by atoms with van der Waals surface area (Å²) in [7, 11) is 0. The van der Waals surface area contributed by atoms with Gasteiger partial charge >= 0.3 is 5.97 Å². The van der Waals surface area contributed by atoms with Gasteiger partial charge in [0, 0.05) is 13.1 Å². The Hall–Kier alpha value is -1.13. The van der Waals surface area contributed by atoms with Crippen molar-refractivity contribution >= 4 is 17.6 Å². The van der Waals surface area contributed by atoms with Gasteiger partial charge in [0.15, 0.2) is 0 Å². The van der Waals surface area contributed by atoms with Crippen molar-refractivity contribution in [3.05, 3.63) is 34.6 Å². The summed E-state index contributed by atoms with van der Waals surface area (Å²) >= 11 is 5.97. The molecule has 0 amide bonds. The summed E-state index contributed by atoms with van der Waals surface area (Å²) in [6.45, 7) is 4.32. The van der Waals surface area contributed by atoms with Gasteiger partial charge in [0.1, 0.15) is 5.82 Å². The SMILES string of the molecule is CCOC(=O)[C@@H]1CCCN(Cc2cccc(F)c2Cl)C1. The average molecular weight is 300 g/mol. The molecule has 0 N–H and O–H groups in total. The minimum Gasteiger partial charge on any atom is -0.466 e. The molecule has 1 aliphatic heterocycles. The third-order valence-electron chi connectivity index (χ3n) is 3.55. The van der Waals surface area contributed by atoms with Crippen LogP contribution in [0, 0.1) is 11.7 Å². The molecule has 0 spiro atoms. The molecule has 1 fully saturated rings. The maximum absolute atomic E-state index is 13.4. The maximum Gasteiger partial charge on any atom is 0.310 e. The van der Waals surface area contributed by atoms with E-state index in [0.29, 0.717) is 19.7 Å². The summed E-state index contributed by atoms with van der Waals surface area (Å²) in [6, 6.07) is 4.83. The van der Waals surface area contributed by atoms with Crippen LogP contribution < -0.4 is 0 Å². The number of carbonyl (C=O) groups is 1. The van der Waals surface area contributed by atoms with E-state index < -0.39 is 5.82 Å². The molecule has 0 bridgehead atoms.